The minimum atomic E-state index is -0.763. The number of amides is 1. The zero-order valence-corrected chi connectivity index (χ0v) is 12.2. The van der Waals surface area contributed by atoms with Gasteiger partial charge in [0.05, 0.1) is 17.9 Å². The molecule has 1 amide bonds. The molecule has 0 saturated heterocycles. The molecule has 1 aliphatic carbocycles. The molecule has 3 rings (SSSR count). The summed E-state index contributed by atoms with van der Waals surface area (Å²) in [5, 5.41) is 13.8. The Morgan fingerprint density at radius 3 is 3.00 bits per heavy atom. The number of hydrogen-bond donors (Lipinski definition) is 1. The van der Waals surface area contributed by atoms with Gasteiger partial charge in [-0.15, -0.1) is 11.3 Å². The molecular weight excluding hydrogens is 288 g/mol. The van der Waals surface area contributed by atoms with Crippen molar-refractivity contribution in [2.75, 3.05) is 0 Å². The molecule has 0 unspecified atom stereocenters. The minimum Gasteiger partial charge on any atom is -0.336 e. The lowest BCUT2D eigenvalue weighted by atomic mass is 10.00. The molecule has 0 aromatic carbocycles. The molecule has 1 fully saturated rings. The number of nitriles is 1. The average molecular weight is 302 g/mol. The maximum absolute atomic E-state index is 12.2. The van der Waals surface area contributed by atoms with Crippen molar-refractivity contribution in [1.29, 1.82) is 5.26 Å². The van der Waals surface area contributed by atoms with E-state index >= 15 is 0 Å². The molecule has 0 radical (unpaired) electrons. The van der Waals surface area contributed by atoms with E-state index in [2.05, 4.69) is 16.4 Å². The highest BCUT2D eigenvalue weighted by Gasteiger charge is 2.35. The monoisotopic (exact) mass is 302 g/mol. The van der Waals surface area contributed by atoms with Gasteiger partial charge in [-0.2, -0.15) is 5.26 Å². The summed E-state index contributed by atoms with van der Waals surface area (Å²) in [5.74, 6) is -0.321. The highest BCUT2D eigenvalue weighted by atomic mass is 32.1. The van der Waals surface area contributed by atoms with Crippen LogP contribution >= 0.6 is 11.3 Å². The lowest BCUT2D eigenvalue weighted by Gasteiger charge is -2.22. The first-order chi connectivity index (χ1) is 10.1. The van der Waals surface area contributed by atoms with Crippen LogP contribution in [0.25, 0.3) is 10.2 Å². The van der Waals surface area contributed by atoms with Gasteiger partial charge in [0.1, 0.15) is 16.8 Å². The van der Waals surface area contributed by atoms with Gasteiger partial charge in [-0.25, -0.2) is 4.98 Å². The summed E-state index contributed by atoms with van der Waals surface area (Å²) in [6.45, 7) is -0.108. The molecule has 1 aliphatic rings. The average Bonchev–Trinajstić information content (AvgIpc) is 3.11. The smallest absolute Gasteiger partial charge is 0.271 e. The van der Waals surface area contributed by atoms with Crippen LogP contribution in [0.4, 0.5) is 0 Å². The number of nitrogens with one attached hydrogen (secondary N) is 1. The van der Waals surface area contributed by atoms with E-state index in [1.165, 1.54) is 22.2 Å². The van der Waals surface area contributed by atoms with Crippen molar-refractivity contribution in [3.63, 3.8) is 0 Å². The van der Waals surface area contributed by atoms with Gasteiger partial charge in [0, 0.05) is 0 Å². The predicted octanol–water partition coefficient (Wildman–Crippen LogP) is 1.41. The second-order valence-electron chi connectivity index (χ2n) is 5.26. The predicted molar refractivity (Wildman–Crippen MR) is 78.8 cm³/mol. The van der Waals surface area contributed by atoms with E-state index in [1.54, 1.807) is 11.4 Å². The van der Waals surface area contributed by atoms with Crippen LogP contribution in [-0.2, 0) is 11.3 Å². The number of thiophene rings is 1. The van der Waals surface area contributed by atoms with E-state index in [1.807, 2.05) is 0 Å². The van der Waals surface area contributed by atoms with Gasteiger partial charge in [-0.05, 0) is 37.1 Å². The molecule has 21 heavy (non-hydrogen) atoms. The van der Waals surface area contributed by atoms with E-state index in [0.29, 0.717) is 23.1 Å². The van der Waals surface area contributed by atoms with Gasteiger partial charge in [0.2, 0.25) is 5.91 Å². The minimum absolute atomic E-state index is 0.108. The van der Waals surface area contributed by atoms with Crippen LogP contribution in [0, 0.1) is 11.3 Å². The summed E-state index contributed by atoms with van der Waals surface area (Å²) in [5.41, 5.74) is -0.338. The number of rotatable bonds is 3. The highest BCUT2D eigenvalue weighted by Crippen LogP contribution is 2.28. The number of carbonyl (C=O) groups excluding carboxylic acids is 1. The number of hydrogen-bond acceptors (Lipinski definition) is 5. The Hall–Kier alpha value is -2.20. The van der Waals surface area contributed by atoms with Crippen LogP contribution in [-0.4, -0.2) is 21.0 Å². The molecule has 108 valence electrons. The van der Waals surface area contributed by atoms with Crippen molar-refractivity contribution in [1.82, 2.24) is 14.9 Å². The van der Waals surface area contributed by atoms with E-state index in [-0.39, 0.29) is 18.0 Å². The summed E-state index contributed by atoms with van der Waals surface area (Å²) >= 11 is 1.31. The van der Waals surface area contributed by atoms with Gasteiger partial charge < -0.3 is 5.32 Å². The molecule has 1 saturated carbocycles. The molecule has 0 aliphatic heterocycles. The van der Waals surface area contributed by atoms with Crippen molar-refractivity contribution >= 4 is 27.5 Å². The van der Waals surface area contributed by atoms with Gasteiger partial charge in [0.15, 0.2) is 0 Å². The number of nitrogens with zero attached hydrogens (tertiary/aromatic N) is 3. The molecule has 2 aromatic heterocycles. The first-order valence-corrected chi connectivity index (χ1v) is 7.66. The summed E-state index contributed by atoms with van der Waals surface area (Å²) in [6, 6.07) is 3.97. The lowest BCUT2D eigenvalue weighted by Crippen LogP contribution is -2.47. The topological polar surface area (TPSA) is 87.8 Å². The van der Waals surface area contributed by atoms with Crippen LogP contribution < -0.4 is 10.9 Å². The Morgan fingerprint density at radius 1 is 1.52 bits per heavy atom. The summed E-state index contributed by atoms with van der Waals surface area (Å²) < 4.78 is 1.83. The molecule has 0 bridgehead atoms. The molecular formula is C14H14N4O2S. The zero-order chi connectivity index (χ0) is 14.9. The summed E-state index contributed by atoms with van der Waals surface area (Å²) in [7, 11) is 0. The molecule has 0 spiro atoms. The quantitative estimate of drug-likeness (QED) is 0.928. The Bertz CT molecular complexity index is 780. The Morgan fingerprint density at radius 2 is 2.29 bits per heavy atom. The maximum atomic E-state index is 12.2. The van der Waals surface area contributed by atoms with Crippen molar-refractivity contribution in [2.24, 2.45) is 0 Å². The van der Waals surface area contributed by atoms with Crippen LogP contribution in [0.3, 0.4) is 0 Å². The molecule has 7 heteroatoms. The van der Waals surface area contributed by atoms with Crippen molar-refractivity contribution in [3.05, 3.63) is 28.1 Å². The Balaban J connectivity index is 1.79. The van der Waals surface area contributed by atoms with Gasteiger partial charge in [-0.3, -0.25) is 14.2 Å². The number of fused-ring (bicyclic) bond motifs is 1. The van der Waals surface area contributed by atoms with Gasteiger partial charge in [0.25, 0.3) is 5.56 Å². The zero-order valence-electron chi connectivity index (χ0n) is 11.3. The van der Waals surface area contributed by atoms with E-state index < -0.39 is 5.54 Å². The van der Waals surface area contributed by atoms with Crippen molar-refractivity contribution in [3.8, 4) is 6.07 Å². The fourth-order valence-corrected chi connectivity index (χ4v) is 3.49. The van der Waals surface area contributed by atoms with Crippen molar-refractivity contribution < 1.29 is 4.79 Å². The standard InChI is InChI=1S/C14H14N4O2S/c15-8-14(4-1-2-5-14)17-11(19)7-18-9-16-10-3-6-21-12(10)13(18)20/h3,6,9H,1-2,4-5,7H2,(H,17,19). The van der Waals surface area contributed by atoms with Gasteiger partial charge >= 0.3 is 0 Å². The number of aromatic nitrogens is 2. The van der Waals surface area contributed by atoms with Crippen LogP contribution in [0.2, 0.25) is 0 Å². The summed E-state index contributed by atoms with van der Waals surface area (Å²) in [6.07, 6.45) is 4.61. The van der Waals surface area contributed by atoms with E-state index in [9.17, 15) is 14.9 Å². The second-order valence-corrected chi connectivity index (χ2v) is 6.18. The molecule has 1 N–H and O–H groups in total. The highest BCUT2D eigenvalue weighted by molar-refractivity contribution is 7.17. The summed E-state index contributed by atoms with van der Waals surface area (Å²) in [4.78, 5) is 28.5. The fourth-order valence-electron chi connectivity index (χ4n) is 2.70. The van der Waals surface area contributed by atoms with Crippen LogP contribution in [0.5, 0.6) is 0 Å². The number of carbonyl (C=O) groups is 1. The molecule has 6 nitrogen and oxygen atoms in total. The van der Waals surface area contributed by atoms with Crippen LogP contribution in [0.1, 0.15) is 25.7 Å². The third-order valence-corrected chi connectivity index (χ3v) is 4.69. The fraction of sp³-hybridized carbons (Fsp3) is 0.429. The van der Waals surface area contributed by atoms with Crippen molar-refractivity contribution in [2.45, 2.75) is 37.8 Å². The van der Waals surface area contributed by atoms with Gasteiger partial charge in [-0.1, -0.05) is 0 Å². The normalized spacial score (nSPS) is 16.7. The molecule has 2 aromatic rings. The third-order valence-electron chi connectivity index (χ3n) is 3.80. The first kappa shape index (κ1) is 13.8. The molecule has 0 atom stereocenters. The SMILES string of the molecule is N#CC1(NC(=O)Cn2cnc3ccsc3c2=O)CCCC1. The Labute approximate surface area is 125 Å². The molecule has 2 heterocycles. The van der Waals surface area contributed by atoms with Crippen LogP contribution in [0.15, 0.2) is 22.6 Å². The first-order valence-electron chi connectivity index (χ1n) is 6.78. The maximum Gasteiger partial charge on any atom is 0.271 e. The second kappa shape index (κ2) is 5.30. The lowest BCUT2D eigenvalue weighted by molar-refractivity contribution is -0.123. The van der Waals surface area contributed by atoms with E-state index in [0.717, 1.165) is 12.8 Å². The largest absolute Gasteiger partial charge is 0.336 e. The Kier molecular flexibility index (Phi) is 3.47. The van der Waals surface area contributed by atoms with E-state index in [4.69, 9.17) is 0 Å². The third kappa shape index (κ3) is 2.54.